The van der Waals surface area contributed by atoms with E-state index in [1.165, 1.54) is 5.56 Å². The first-order valence-corrected chi connectivity index (χ1v) is 12.0. The van der Waals surface area contributed by atoms with Crippen LogP contribution in [-0.4, -0.2) is 35.9 Å². The number of hydrogen-bond donors (Lipinski definition) is 2. The fraction of sp³-hybridized carbons (Fsp3) is 0.296. The molecular formula is C27H29BrN2O4. The summed E-state index contributed by atoms with van der Waals surface area (Å²) < 4.78 is 18.1. The molecule has 0 aliphatic rings. The van der Waals surface area contributed by atoms with E-state index < -0.39 is 6.10 Å². The molecule has 0 amide bonds. The predicted molar refractivity (Wildman–Crippen MR) is 138 cm³/mol. The van der Waals surface area contributed by atoms with Crippen LogP contribution in [0.1, 0.15) is 43.4 Å². The Balaban J connectivity index is 1.78. The summed E-state index contributed by atoms with van der Waals surface area (Å²) in [5, 5.41) is 10.2. The molecule has 178 valence electrons. The Morgan fingerprint density at radius 1 is 1.03 bits per heavy atom. The molecule has 4 rings (SSSR count). The molecule has 0 aliphatic heterocycles. The number of phenolic OH excluding ortho intramolecular Hbond substituents is 1. The molecule has 0 radical (unpaired) electrons. The molecule has 4 aromatic rings. The number of aromatic amines is 1. The summed E-state index contributed by atoms with van der Waals surface area (Å²) in [5.41, 5.74) is 4.69. The summed E-state index contributed by atoms with van der Waals surface area (Å²) in [7, 11) is 3.29. The van der Waals surface area contributed by atoms with E-state index in [0.717, 1.165) is 32.5 Å². The highest BCUT2D eigenvalue weighted by molar-refractivity contribution is 9.10. The SMILES string of the molecule is COCCC(Oc1ccccc1O)c1cc(OC)c2[nH]c(-c3ccc(C(C)C)cc3)nc2c1Br. The molecule has 1 aromatic heterocycles. The molecule has 0 saturated heterocycles. The lowest BCUT2D eigenvalue weighted by atomic mass is 10.0. The first-order chi connectivity index (χ1) is 16.4. The molecular weight excluding hydrogens is 496 g/mol. The molecule has 0 fully saturated rings. The number of methoxy groups -OCH3 is 2. The number of nitrogens with zero attached hydrogens (tertiary/aromatic N) is 1. The number of fused-ring (bicyclic) bond motifs is 1. The van der Waals surface area contributed by atoms with Gasteiger partial charge in [0.2, 0.25) is 0 Å². The van der Waals surface area contributed by atoms with Crippen molar-refractivity contribution in [2.75, 3.05) is 20.8 Å². The molecule has 2 N–H and O–H groups in total. The van der Waals surface area contributed by atoms with Crippen molar-refractivity contribution < 1.29 is 19.3 Å². The number of ether oxygens (including phenoxy) is 3. The average molecular weight is 525 g/mol. The first kappa shape index (κ1) is 24.1. The average Bonchev–Trinajstić information content (AvgIpc) is 3.30. The second-order valence-corrected chi connectivity index (χ2v) is 9.22. The van der Waals surface area contributed by atoms with E-state index in [0.29, 0.717) is 30.4 Å². The van der Waals surface area contributed by atoms with Crippen molar-refractivity contribution in [3.63, 3.8) is 0 Å². The maximum absolute atomic E-state index is 10.2. The van der Waals surface area contributed by atoms with Gasteiger partial charge < -0.3 is 24.3 Å². The summed E-state index contributed by atoms with van der Waals surface area (Å²) in [4.78, 5) is 8.31. The highest BCUT2D eigenvalue weighted by atomic mass is 79.9. The van der Waals surface area contributed by atoms with Gasteiger partial charge in [-0.3, -0.25) is 0 Å². The number of hydrogen-bond acceptors (Lipinski definition) is 5. The number of nitrogens with one attached hydrogen (secondary N) is 1. The number of aromatic hydroxyl groups is 1. The minimum Gasteiger partial charge on any atom is -0.504 e. The largest absolute Gasteiger partial charge is 0.504 e. The number of benzene rings is 3. The topological polar surface area (TPSA) is 76.6 Å². The first-order valence-electron chi connectivity index (χ1n) is 11.2. The smallest absolute Gasteiger partial charge is 0.161 e. The van der Waals surface area contributed by atoms with Crippen molar-refractivity contribution in [1.82, 2.24) is 9.97 Å². The molecule has 0 spiro atoms. The van der Waals surface area contributed by atoms with Gasteiger partial charge in [-0.25, -0.2) is 4.98 Å². The predicted octanol–water partition coefficient (Wildman–Crippen LogP) is 6.99. The van der Waals surface area contributed by atoms with E-state index >= 15 is 0 Å². The van der Waals surface area contributed by atoms with Gasteiger partial charge in [0.1, 0.15) is 28.7 Å². The summed E-state index contributed by atoms with van der Waals surface area (Å²) in [5.74, 6) is 2.38. The summed E-state index contributed by atoms with van der Waals surface area (Å²) in [6, 6.07) is 17.3. The Morgan fingerprint density at radius 3 is 2.41 bits per heavy atom. The van der Waals surface area contributed by atoms with Gasteiger partial charge in [-0.05, 0) is 45.6 Å². The van der Waals surface area contributed by atoms with Gasteiger partial charge in [0, 0.05) is 24.7 Å². The van der Waals surface area contributed by atoms with Crippen LogP contribution in [0.4, 0.5) is 0 Å². The zero-order chi connectivity index (χ0) is 24.2. The molecule has 6 nitrogen and oxygen atoms in total. The minimum absolute atomic E-state index is 0.0842. The third-order valence-electron chi connectivity index (χ3n) is 5.83. The zero-order valence-electron chi connectivity index (χ0n) is 19.8. The highest BCUT2D eigenvalue weighted by Crippen LogP contribution is 2.41. The Bertz CT molecular complexity index is 1270. The second-order valence-electron chi connectivity index (χ2n) is 8.42. The Labute approximate surface area is 208 Å². The normalized spacial score (nSPS) is 12.3. The molecule has 1 atom stereocenters. The lowest BCUT2D eigenvalue weighted by Gasteiger charge is -2.22. The molecule has 7 heteroatoms. The lowest BCUT2D eigenvalue weighted by molar-refractivity contribution is 0.123. The summed E-state index contributed by atoms with van der Waals surface area (Å²) in [6.45, 7) is 4.84. The van der Waals surface area contributed by atoms with Crippen LogP contribution in [0.15, 0.2) is 59.1 Å². The van der Waals surface area contributed by atoms with Crippen LogP contribution in [0, 0.1) is 0 Å². The van der Waals surface area contributed by atoms with E-state index in [4.69, 9.17) is 19.2 Å². The number of imidazole rings is 1. The maximum atomic E-state index is 10.2. The second kappa shape index (κ2) is 10.5. The van der Waals surface area contributed by atoms with Gasteiger partial charge in [0.05, 0.1) is 18.2 Å². The van der Waals surface area contributed by atoms with Gasteiger partial charge in [-0.15, -0.1) is 0 Å². The van der Waals surface area contributed by atoms with Crippen LogP contribution in [0.5, 0.6) is 17.2 Å². The standard InChI is InChI=1S/C27H29BrN2O4/c1-16(2)17-9-11-18(12-10-17)27-29-25-23(33-4)15-19(24(28)26(25)30-27)21(13-14-32-3)34-22-8-6-5-7-20(22)31/h5-12,15-16,21,31H,13-14H2,1-4H3,(H,29,30). The molecule has 0 bridgehead atoms. The number of aromatic nitrogens is 2. The fourth-order valence-electron chi connectivity index (χ4n) is 3.89. The number of phenols is 1. The van der Waals surface area contributed by atoms with Crippen LogP contribution >= 0.6 is 15.9 Å². The van der Waals surface area contributed by atoms with Gasteiger partial charge in [-0.1, -0.05) is 50.2 Å². The maximum Gasteiger partial charge on any atom is 0.161 e. The van der Waals surface area contributed by atoms with Crippen molar-refractivity contribution in [1.29, 1.82) is 0 Å². The molecule has 3 aromatic carbocycles. The third-order valence-corrected chi connectivity index (χ3v) is 6.67. The Morgan fingerprint density at radius 2 is 1.76 bits per heavy atom. The molecule has 0 saturated carbocycles. The van der Waals surface area contributed by atoms with Crippen LogP contribution in [-0.2, 0) is 4.74 Å². The van der Waals surface area contributed by atoms with Gasteiger partial charge in [-0.2, -0.15) is 0 Å². The van der Waals surface area contributed by atoms with Crippen LogP contribution < -0.4 is 9.47 Å². The summed E-state index contributed by atoms with van der Waals surface area (Å²) in [6.07, 6.45) is 0.179. The molecule has 1 heterocycles. The number of para-hydroxylation sites is 2. The van der Waals surface area contributed by atoms with Crippen molar-refractivity contribution in [3.8, 4) is 28.6 Å². The van der Waals surface area contributed by atoms with E-state index in [9.17, 15) is 5.11 Å². The summed E-state index contributed by atoms with van der Waals surface area (Å²) >= 11 is 3.76. The van der Waals surface area contributed by atoms with Gasteiger partial charge >= 0.3 is 0 Å². The lowest BCUT2D eigenvalue weighted by Crippen LogP contribution is -2.12. The molecule has 34 heavy (non-hydrogen) atoms. The van der Waals surface area contributed by atoms with Crippen molar-refractivity contribution in [2.45, 2.75) is 32.3 Å². The van der Waals surface area contributed by atoms with E-state index in [-0.39, 0.29) is 5.75 Å². The van der Waals surface area contributed by atoms with Crippen molar-refractivity contribution in [3.05, 3.63) is 70.2 Å². The van der Waals surface area contributed by atoms with E-state index in [1.807, 2.05) is 12.1 Å². The van der Waals surface area contributed by atoms with Gasteiger partial charge in [0.25, 0.3) is 0 Å². The van der Waals surface area contributed by atoms with Crippen LogP contribution in [0.2, 0.25) is 0 Å². The zero-order valence-corrected chi connectivity index (χ0v) is 21.3. The fourth-order valence-corrected chi connectivity index (χ4v) is 4.55. The van der Waals surface area contributed by atoms with Crippen molar-refractivity contribution in [2.24, 2.45) is 0 Å². The quantitative estimate of drug-likeness (QED) is 0.246. The Kier molecular flexibility index (Phi) is 7.44. The van der Waals surface area contributed by atoms with E-state index in [2.05, 4.69) is 59.0 Å². The Hall–Kier alpha value is -3.03. The number of rotatable bonds is 9. The molecule has 0 aliphatic carbocycles. The highest BCUT2D eigenvalue weighted by Gasteiger charge is 2.24. The van der Waals surface area contributed by atoms with Gasteiger partial charge in [0.15, 0.2) is 11.5 Å². The van der Waals surface area contributed by atoms with Crippen LogP contribution in [0.25, 0.3) is 22.4 Å². The third kappa shape index (κ3) is 4.91. The minimum atomic E-state index is -0.397. The van der Waals surface area contributed by atoms with Crippen LogP contribution in [0.3, 0.4) is 0 Å². The van der Waals surface area contributed by atoms with Crippen molar-refractivity contribution >= 4 is 27.0 Å². The number of halogens is 1. The number of H-pyrrole nitrogens is 1. The monoisotopic (exact) mass is 524 g/mol. The van der Waals surface area contributed by atoms with E-state index in [1.54, 1.807) is 32.4 Å². The molecule has 1 unspecified atom stereocenters.